The molecular weight excluding hydrogens is 248 g/mol. The predicted octanol–water partition coefficient (Wildman–Crippen LogP) is 2.86. The van der Waals surface area contributed by atoms with Crippen LogP contribution in [0, 0.1) is 23.7 Å². The molecule has 116 valence electrons. The van der Waals surface area contributed by atoms with Crippen molar-refractivity contribution in [2.75, 3.05) is 32.7 Å². The van der Waals surface area contributed by atoms with Crippen molar-refractivity contribution in [2.24, 2.45) is 23.7 Å². The Hall–Kier alpha value is -0.570. The molecule has 2 fully saturated rings. The molecule has 2 rings (SSSR count). The van der Waals surface area contributed by atoms with Gasteiger partial charge in [0.15, 0.2) is 0 Å². The number of amides is 1. The predicted molar refractivity (Wildman–Crippen MR) is 83.5 cm³/mol. The third-order valence-corrected chi connectivity index (χ3v) is 5.03. The lowest BCUT2D eigenvalue weighted by Gasteiger charge is -2.41. The second-order valence-electron chi connectivity index (χ2n) is 7.65. The number of rotatable bonds is 5. The molecule has 0 aromatic rings. The van der Waals surface area contributed by atoms with Crippen LogP contribution < -0.4 is 0 Å². The fraction of sp³-hybridized carbons (Fsp3) is 0.941. The molecule has 0 radical (unpaired) electrons. The zero-order valence-electron chi connectivity index (χ0n) is 13.8. The number of hydrogen-bond acceptors (Lipinski definition) is 2. The van der Waals surface area contributed by atoms with Gasteiger partial charge in [0.25, 0.3) is 0 Å². The van der Waals surface area contributed by atoms with Gasteiger partial charge < -0.3 is 4.90 Å². The lowest BCUT2D eigenvalue weighted by Crippen LogP contribution is -2.52. The normalized spacial score (nSPS) is 22.6. The third kappa shape index (κ3) is 4.21. The molecule has 2 saturated heterocycles. The van der Waals surface area contributed by atoms with Crippen molar-refractivity contribution in [3.8, 4) is 0 Å². The monoisotopic (exact) mass is 280 g/mol. The van der Waals surface area contributed by atoms with E-state index in [0.29, 0.717) is 12.5 Å². The first-order valence-electron chi connectivity index (χ1n) is 8.45. The average molecular weight is 280 g/mol. The number of nitrogens with zero attached hydrogens (tertiary/aromatic N) is 2. The van der Waals surface area contributed by atoms with Gasteiger partial charge >= 0.3 is 0 Å². The fourth-order valence-electron chi connectivity index (χ4n) is 3.73. The zero-order valence-corrected chi connectivity index (χ0v) is 13.8. The highest BCUT2D eigenvalue weighted by atomic mass is 16.2. The molecule has 0 unspecified atom stereocenters. The van der Waals surface area contributed by atoms with Crippen LogP contribution in [0.2, 0.25) is 0 Å². The Bertz CT molecular complexity index is 313. The molecule has 2 aliphatic heterocycles. The van der Waals surface area contributed by atoms with E-state index in [1.165, 1.54) is 19.3 Å². The molecule has 0 saturated carbocycles. The van der Waals surface area contributed by atoms with Crippen molar-refractivity contribution >= 4 is 5.91 Å². The van der Waals surface area contributed by atoms with E-state index in [1.807, 2.05) is 0 Å². The molecule has 20 heavy (non-hydrogen) atoms. The molecule has 0 bridgehead atoms. The van der Waals surface area contributed by atoms with Gasteiger partial charge in [0.05, 0.1) is 6.54 Å². The number of likely N-dealkylation sites (tertiary alicyclic amines) is 2. The zero-order chi connectivity index (χ0) is 14.7. The van der Waals surface area contributed by atoms with Gasteiger partial charge in [-0.1, -0.05) is 27.7 Å². The van der Waals surface area contributed by atoms with E-state index >= 15 is 0 Å². The Labute approximate surface area is 124 Å². The van der Waals surface area contributed by atoms with Gasteiger partial charge in [0.2, 0.25) is 5.91 Å². The smallest absolute Gasteiger partial charge is 0.236 e. The SMILES string of the molecule is CC(C)CC1CN(CC(=O)N2CCC(C(C)C)CC2)C1. The van der Waals surface area contributed by atoms with Crippen LogP contribution in [0.25, 0.3) is 0 Å². The first kappa shape index (κ1) is 15.8. The topological polar surface area (TPSA) is 23.6 Å². The largest absolute Gasteiger partial charge is 0.342 e. The van der Waals surface area contributed by atoms with E-state index in [0.717, 1.165) is 49.9 Å². The number of carbonyl (C=O) groups excluding carboxylic acids is 1. The van der Waals surface area contributed by atoms with Crippen molar-refractivity contribution in [1.82, 2.24) is 9.80 Å². The van der Waals surface area contributed by atoms with E-state index in [1.54, 1.807) is 0 Å². The summed E-state index contributed by atoms with van der Waals surface area (Å²) >= 11 is 0. The maximum atomic E-state index is 12.3. The summed E-state index contributed by atoms with van der Waals surface area (Å²) in [4.78, 5) is 16.7. The molecule has 3 nitrogen and oxygen atoms in total. The molecule has 0 aliphatic carbocycles. The van der Waals surface area contributed by atoms with Crippen LogP contribution in [-0.4, -0.2) is 48.4 Å². The summed E-state index contributed by atoms with van der Waals surface area (Å²) in [6, 6.07) is 0. The van der Waals surface area contributed by atoms with Crippen molar-refractivity contribution in [2.45, 2.75) is 47.0 Å². The third-order valence-electron chi connectivity index (χ3n) is 5.03. The van der Waals surface area contributed by atoms with E-state index in [2.05, 4.69) is 37.5 Å². The molecule has 3 heteroatoms. The molecule has 1 amide bonds. The summed E-state index contributed by atoms with van der Waals surface area (Å²) in [6.45, 7) is 14.0. The summed E-state index contributed by atoms with van der Waals surface area (Å²) < 4.78 is 0. The molecule has 0 aromatic heterocycles. The van der Waals surface area contributed by atoms with Gasteiger partial charge in [-0.15, -0.1) is 0 Å². The highest BCUT2D eigenvalue weighted by Crippen LogP contribution is 2.26. The first-order chi connectivity index (χ1) is 9.45. The quantitative estimate of drug-likeness (QED) is 0.773. The summed E-state index contributed by atoms with van der Waals surface area (Å²) in [5.41, 5.74) is 0. The van der Waals surface area contributed by atoms with E-state index < -0.39 is 0 Å². The summed E-state index contributed by atoms with van der Waals surface area (Å²) in [5, 5.41) is 0. The summed E-state index contributed by atoms with van der Waals surface area (Å²) in [7, 11) is 0. The van der Waals surface area contributed by atoms with Gasteiger partial charge in [0.1, 0.15) is 0 Å². The van der Waals surface area contributed by atoms with Gasteiger partial charge in [-0.05, 0) is 42.9 Å². The van der Waals surface area contributed by atoms with Crippen LogP contribution in [0.5, 0.6) is 0 Å². The van der Waals surface area contributed by atoms with Gasteiger partial charge in [-0.25, -0.2) is 0 Å². The minimum Gasteiger partial charge on any atom is -0.342 e. The van der Waals surface area contributed by atoms with Crippen molar-refractivity contribution in [3.05, 3.63) is 0 Å². The van der Waals surface area contributed by atoms with Crippen LogP contribution in [-0.2, 0) is 4.79 Å². The maximum absolute atomic E-state index is 12.3. The highest BCUT2D eigenvalue weighted by molar-refractivity contribution is 5.78. The van der Waals surface area contributed by atoms with E-state index in [9.17, 15) is 4.79 Å². The molecule has 0 atom stereocenters. The average Bonchev–Trinajstić information content (AvgIpc) is 2.35. The Balaban J connectivity index is 1.65. The Kier molecular flexibility index (Phi) is 5.48. The van der Waals surface area contributed by atoms with Crippen LogP contribution in [0.1, 0.15) is 47.0 Å². The van der Waals surface area contributed by atoms with Gasteiger partial charge in [0, 0.05) is 26.2 Å². The Morgan fingerprint density at radius 3 is 2.20 bits per heavy atom. The fourth-order valence-corrected chi connectivity index (χ4v) is 3.73. The Morgan fingerprint density at radius 1 is 1.10 bits per heavy atom. The van der Waals surface area contributed by atoms with E-state index in [-0.39, 0.29) is 0 Å². The van der Waals surface area contributed by atoms with Crippen LogP contribution in [0.4, 0.5) is 0 Å². The molecule has 0 aromatic carbocycles. The van der Waals surface area contributed by atoms with Crippen molar-refractivity contribution in [1.29, 1.82) is 0 Å². The molecule has 0 spiro atoms. The van der Waals surface area contributed by atoms with Crippen molar-refractivity contribution < 1.29 is 4.79 Å². The molecular formula is C17H32N2O. The number of carbonyl (C=O) groups is 1. The van der Waals surface area contributed by atoms with E-state index in [4.69, 9.17) is 0 Å². The van der Waals surface area contributed by atoms with Gasteiger partial charge in [-0.3, -0.25) is 9.69 Å². The lowest BCUT2D eigenvalue weighted by atomic mass is 9.86. The Morgan fingerprint density at radius 2 is 1.70 bits per heavy atom. The van der Waals surface area contributed by atoms with Crippen molar-refractivity contribution in [3.63, 3.8) is 0 Å². The van der Waals surface area contributed by atoms with Crippen LogP contribution in [0.3, 0.4) is 0 Å². The molecule has 2 heterocycles. The maximum Gasteiger partial charge on any atom is 0.236 e. The molecule has 0 N–H and O–H groups in total. The number of piperidine rings is 1. The standard InChI is InChI=1S/C17H32N2O/c1-13(2)9-15-10-18(11-15)12-17(20)19-7-5-16(6-8-19)14(3)4/h13-16H,5-12H2,1-4H3. The second-order valence-corrected chi connectivity index (χ2v) is 7.65. The lowest BCUT2D eigenvalue weighted by molar-refractivity contribution is -0.135. The molecule has 2 aliphatic rings. The summed E-state index contributed by atoms with van der Waals surface area (Å²) in [5.74, 6) is 3.55. The number of hydrogen-bond donors (Lipinski definition) is 0. The minimum atomic E-state index is 0.357. The van der Waals surface area contributed by atoms with Crippen LogP contribution >= 0.6 is 0 Å². The van der Waals surface area contributed by atoms with Gasteiger partial charge in [-0.2, -0.15) is 0 Å². The first-order valence-corrected chi connectivity index (χ1v) is 8.45. The second kappa shape index (κ2) is 6.93. The highest BCUT2D eigenvalue weighted by Gasteiger charge is 2.31. The van der Waals surface area contributed by atoms with Crippen LogP contribution in [0.15, 0.2) is 0 Å². The summed E-state index contributed by atoms with van der Waals surface area (Å²) in [6.07, 6.45) is 3.70. The minimum absolute atomic E-state index is 0.357.